The summed E-state index contributed by atoms with van der Waals surface area (Å²) in [4.78, 5) is 17.9. The molecule has 0 spiro atoms. The fraction of sp³-hybridized carbons (Fsp3) is 0.333. The van der Waals surface area contributed by atoms with Gasteiger partial charge in [-0.1, -0.05) is 11.6 Å². The molecule has 0 radical (unpaired) electrons. The number of methoxy groups -OCH3 is 1. The Balaban J connectivity index is 1.61. The summed E-state index contributed by atoms with van der Waals surface area (Å²) in [7, 11) is -2.58. The van der Waals surface area contributed by atoms with Crippen molar-refractivity contribution in [2.24, 2.45) is 0 Å². The number of amides is 1. The van der Waals surface area contributed by atoms with Gasteiger partial charge in [-0.2, -0.15) is 0 Å². The van der Waals surface area contributed by atoms with Crippen molar-refractivity contribution >= 4 is 33.2 Å². The van der Waals surface area contributed by atoms with Crippen LogP contribution in [0.3, 0.4) is 0 Å². The van der Waals surface area contributed by atoms with Crippen molar-refractivity contribution in [2.45, 2.75) is 17.5 Å². The van der Waals surface area contributed by atoms with E-state index >= 15 is 0 Å². The van der Waals surface area contributed by atoms with Crippen LogP contribution in [0.2, 0.25) is 5.02 Å². The molecule has 3 heterocycles. The van der Waals surface area contributed by atoms with Gasteiger partial charge >= 0.3 is 0 Å². The number of ether oxygens (including phenoxy) is 2. The molecule has 0 saturated carbocycles. The number of halogens is 1. The maximum absolute atomic E-state index is 12.9. The first-order valence-electron chi connectivity index (χ1n) is 8.84. The van der Waals surface area contributed by atoms with Gasteiger partial charge in [0.25, 0.3) is 10.0 Å². The maximum atomic E-state index is 12.9. The molecule has 2 aliphatic heterocycles. The van der Waals surface area contributed by atoms with Crippen molar-refractivity contribution in [3.05, 3.63) is 41.0 Å². The Bertz CT molecular complexity index is 1060. The molecule has 1 fully saturated rings. The quantitative estimate of drug-likeness (QED) is 0.738. The molecule has 4 rings (SSSR count). The summed E-state index contributed by atoms with van der Waals surface area (Å²) in [6.07, 6.45) is 1.39. The predicted octanol–water partition coefficient (Wildman–Crippen LogP) is 1.24. The van der Waals surface area contributed by atoms with Crippen LogP contribution in [0.5, 0.6) is 11.6 Å². The number of pyridine rings is 1. The lowest BCUT2D eigenvalue weighted by molar-refractivity contribution is -0.126. The van der Waals surface area contributed by atoms with Crippen LogP contribution in [0.4, 0.5) is 5.69 Å². The minimum Gasteiger partial charge on any atom is -0.495 e. The zero-order valence-electron chi connectivity index (χ0n) is 15.5. The van der Waals surface area contributed by atoms with Gasteiger partial charge < -0.3 is 14.8 Å². The van der Waals surface area contributed by atoms with Crippen LogP contribution >= 0.6 is 11.6 Å². The Morgan fingerprint density at radius 1 is 1.34 bits per heavy atom. The zero-order chi connectivity index (χ0) is 20.6. The highest BCUT2D eigenvalue weighted by Gasteiger charge is 2.31. The summed E-state index contributed by atoms with van der Waals surface area (Å²) >= 11 is 5.96. The predicted molar refractivity (Wildman–Crippen MR) is 106 cm³/mol. The molecule has 1 saturated heterocycles. The van der Waals surface area contributed by atoms with Crippen LogP contribution in [0.1, 0.15) is 5.56 Å². The number of benzene rings is 1. The number of nitrogens with zero attached hydrogens (tertiary/aromatic N) is 2. The Kier molecular flexibility index (Phi) is 5.24. The summed E-state index contributed by atoms with van der Waals surface area (Å²) in [5, 5.41) is 3.09. The Morgan fingerprint density at radius 2 is 2.17 bits per heavy atom. The normalized spacial score (nSPS) is 19.2. The van der Waals surface area contributed by atoms with Crippen molar-refractivity contribution in [2.75, 3.05) is 31.5 Å². The first kappa shape index (κ1) is 19.7. The third-order valence-electron chi connectivity index (χ3n) is 4.78. The number of anilines is 1. The van der Waals surface area contributed by atoms with Crippen LogP contribution in [0.25, 0.3) is 0 Å². The first-order chi connectivity index (χ1) is 13.9. The van der Waals surface area contributed by atoms with Gasteiger partial charge in [-0.15, -0.1) is 0 Å². The van der Waals surface area contributed by atoms with Gasteiger partial charge in [0.1, 0.15) is 17.3 Å². The second-order valence-corrected chi connectivity index (χ2v) is 8.85. The van der Waals surface area contributed by atoms with E-state index in [0.717, 1.165) is 0 Å². The second kappa shape index (κ2) is 7.69. The van der Waals surface area contributed by atoms with E-state index in [1.807, 2.05) is 4.90 Å². The van der Waals surface area contributed by atoms with Crippen LogP contribution in [-0.2, 0) is 21.4 Å². The van der Waals surface area contributed by atoms with Gasteiger partial charge in [0.05, 0.1) is 31.6 Å². The lowest BCUT2D eigenvalue weighted by atomic mass is 10.1. The minimum absolute atomic E-state index is 0.0396. The number of hydrogen-bond acceptors (Lipinski definition) is 7. The molecule has 2 N–H and O–H groups in total. The van der Waals surface area contributed by atoms with Gasteiger partial charge in [-0.3, -0.25) is 14.4 Å². The summed E-state index contributed by atoms with van der Waals surface area (Å²) in [6.45, 7) is 1.57. The number of carbonyl (C=O) groups excluding carboxylic acids is 1. The van der Waals surface area contributed by atoms with E-state index in [0.29, 0.717) is 31.1 Å². The van der Waals surface area contributed by atoms with Gasteiger partial charge in [0.15, 0.2) is 0 Å². The lowest BCUT2D eigenvalue weighted by Crippen LogP contribution is -2.55. The number of piperazine rings is 1. The number of rotatable bonds is 4. The third kappa shape index (κ3) is 4.09. The number of sulfonamides is 1. The molecule has 11 heteroatoms. The van der Waals surface area contributed by atoms with Gasteiger partial charge in [-0.25, -0.2) is 13.4 Å². The van der Waals surface area contributed by atoms with E-state index in [1.165, 1.54) is 25.4 Å². The molecule has 1 aromatic carbocycles. The highest BCUT2D eigenvalue weighted by Crippen LogP contribution is 2.30. The molecule has 2 aromatic rings. The van der Waals surface area contributed by atoms with Crippen LogP contribution < -0.4 is 19.5 Å². The zero-order valence-corrected chi connectivity index (χ0v) is 17.1. The lowest BCUT2D eigenvalue weighted by Gasteiger charge is -2.32. The minimum atomic E-state index is -3.96. The molecule has 29 heavy (non-hydrogen) atoms. The van der Waals surface area contributed by atoms with Crippen molar-refractivity contribution in [3.8, 4) is 11.6 Å². The molecule has 0 bridgehead atoms. The van der Waals surface area contributed by atoms with E-state index < -0.39 is 10.0 Å². The highest BCUT2D eigenvalue weighted by atomic mass is 35.5. The highest BCUT2D eigenvalue weighted by molar-refractivity contribution is 7.92. The van der Waals surface area contributed by atoms with Gasteiger partial charge in [0, 0.05) is 23.7 Å². The molecule has 1 amide bonds. The third-order valence-corrected chi connectivity index (χ3v) is 6.41. The largest absolute Gasteiger partial charge is 0.495 e. The summed E-state index contributed by atoms with van der Waals surface area (Å²) in [5.41, 5.74) is 0.967. The first-order valence-corrected chi connectivity index (χ1v) is 10.7. The standard InChI is InChI=1S/C18H19ClN4O5S/c1-27-15-3-2-12(19)5-16(15)29(25,26)22-13-4-11-8-23-9-17(24)20-7-14(23)10-28-18(11)21-6-13/h2-6,14,22H,7-10H2,1H3,(H,20,24)/t14-/m1/s1. The number of carbonyl (C=O) groups is 1. The number of fused-ring (bicyclic) bond motifs is 2. The Morgan fingerprint density at radius 3 is 2.97 bits per heavy atom. The molecule has 2 aliphatic rings. The monoisotopic (exact) mass is 438 g/mol. The summed E-state index contributed by atoms with van der Waals surface area (Å²) in [5.74, 6) is 0.549. The van der Waals surface area contributed by atoms with E-state index in [1.54, 1.807) is 12.1 Å². The number of hydrogen-bond donors (Lipinski definition) is 2. The van der Waals surface area contributed by atoms with Crippen molar-refractivity contribution in [3.63, 3.8) is 0 Å². The summed E-state index contributed by atoms with van der Waals surface area (Å²) in [6, 6.07) is 6.05. The molecular weight excluding hydrogens is 420 g/mol. The van der Waals surface area contributed by atoms with E-state index in [-0.39, 0.29) is 39.8 Å². The fourth-order valence-corrected chi connectivity index (χ4v) is 4.81. The van der Waals surface area contributed by atoms with E-state index in [2.05, 4.69) is 15.0 Å². The number of nitrogens with one attached hydrogen (secondary N) is 2. The van der Waals surface area contributed by atoms with Crippen LogP contribution in [-0.4, -0.2) is 57.1 Å². The molecular formula is C18H19ClN4O5S. The Hall–Kier alpha value is -2.56. The SMILES string of the molecule is COc1ccc(Cl)cc1S(=O)(=O)Nc1cnc2c(c1)CN1CC(=O)NC[C@@H]1CO2. The van der Waals surface area contributed by atoms with Crippen molar-refractivity contribution < 1.29 is 22.7 Å². The van der Waals surface area contributed by atoms with Gasteiger partial charge in [0.2, 0.25) is 11.8 Å². The molecule has 0 unspecified atom stereocenters. The maximum Gasteiger partial charge on any atom is 0.265 e. The summed E-state index contributed by atoms with van der Waals surface area (Å²) < 4.78 is 39.1. The molecule has 1 aromatic heterocycles. The van der Waals surface area contributed by atoms with E-state index in [4.69, 9.17) is 21.1 Å². The average molecular weight is 439 g/mol. The molecule has 154 valence electrons. The second-order valence-electron chi connectivity index (χ2n) is 6.76. The number of aromatic nitrogens is 1. The molecule has 0 aliphatic carbocycles. The van der Waals surface area contributed by atoms with Crippen LogP contribution in [0, 0.1) is 0 Å². The topological polar surface area (TPSA) is 110 Å². The fourth-order valence-electron chi connectivity index (χ4n) is 3.34. The molecule has 1 atom stereocenters. The Labute approximate surface area is 173 Å². The smallest absolute Gasteiger partial charge is 0.265 e. The van der Waals surface area contributed by atoms with E-state index in [9.17, 15) is 13.2 Å². The average Bonchev–Trinajstić information content (AvgIpc) is 2.85. The van der Waals surface area contributed by atoms with Crippen molar-refractivity contribution in [1.29, 1.82) is 0 Å². The van der Waals surface area contributed by atoms with Crippen LogP contribution in [0.15, 0.2) is 35.4 Å². The van der Waals surface area contributed by atoms with Gasteiger partial charge in [-0.05, 0) is 24.3 Å². The molecule has 9 nitrogen and oxygen atoms in total. The van der Waals surface area contributed by atoms with Crippen molar-refractivity contribution in [1.82, 2.24) is 15.2 Å².